The monoisotopic (exact) mass is 394 g/mol. The van der Waals surface area contributed by atoms with E-state index in [9.17, 15) is 21.6 Å². The topological polar surface area (TPSA) is 101 Å². The number of rotatable bonds is 4. The van der Waals surface area contributed by atoms with Crippen LogP contribution in [0.2, 0.25) is 0 Å². The minimum absolute atomic E-state index is 0.107. The molecule has 3 rings (SSSR count). The predicted octanol–water partition coefficient (Wildman–Crippen LogP) is 1.88. The highest BCUT2D eigenvalue weighted by Gasteiger charge is 2.28. The lowest BCUT2D eigenvalue weighted by Crippen LogP contribution is -2.25. The Bertz CT molecular complexity index is 1040. The number of anilines is 2. The maximum atomic E-state index is 12.4. The van der Waals surface area contributed by atoms with Crippen molar-refractivity contribution in [1.82, 2.24) is 0 Å². The van der Waals surface area contributed by atoms with Crippen molar-refractivity contribution in [2.75, 3.05) is 28.2 Å². The standard InChI is InChI=1S/C17H18N2O5S2/c1-25(21,22)16-8-6-14(7-9-16)18-17(20)13-4-2-5-15(12-13)19-10-3-11-26(19,23)24/h2,4-9,12H,3,10-11H2,1H3,(H,18,20). The molecule has 1 N–H and O–H groups in total. The number of nitrogens with zero attached hydrogens (tertiary/aromatic N) is 1. The van der Waals surface area contributed by atoms with Gasteiger partial charge in [-0.3, -0.25) is 9.10 Å². The maximum absolute atomic E-state index is 12.4. The lowest BCUT2D eigenvalue weighted by atomic mass is 10.2. The third kappa shape index (κ3) is 3.88. The number of benzene rings is 2. The van der Waals surface area contributed by atoms with Gasteiger partial charge in [0, 0.05) is 24.1 Å². The van der Waals surface area contributed by atoms with Gasteiger partial charge in [0.1, 0.15) is 0 Å². The van der Waals surface area contributed by atoms with Crippen molar-refractivity contribution < 1.29 is 21.6 Å². The average molecular weight is 394 g/mol. The highest BCUT2D eigenvalue weighted by Crippen LogP contribution is 2.25. The van der Waals surface area contributed by atoms with E-state index in [1.807, 2.05) is 0 Å². The Kier molecular flexibility index (Phi) is 4.76. The van der Waals surface area contributed by atoms with Gasteiger partial charge in [-0.15, -0.1) is 0 Å². The van der Waals surface area contributed by atoms with E-state index in [-0.39, 0.29) is 10.6 Å². The zero-order valence-corrected chi connectivity index (χ0v) is 15.7. The van der Waals surface area contributed by atoms with E-state index >= 15 is 0 Å². The summed E-state index contributed by atoms with van der Waals surface area (Å²) in [5.41, 5.74) is 1.22. The molecule has 0 saturated carbocycles. The van der Waals surface area contributed by atoms with Gasteiger partial charge in [-0.2, -0.15) is 0 Å². The minimum atomic E-state index is -3.32. The molecule has 0 aliphatic carbocycles. The Balaban J connectivity index is 1.79. The molecule has 1 fully saturated rings. The summed E-state index contributed by atoms with van der Waals surface area (Å²) in [7, 11) is -6.62. The highest BCUT2D eigenvalue weighted by atomic mass is 32.2. The predicted molar refractivity (Wildman–Crippen MR) is 99.7 cm³/mol. The molecular formula is C17H18N2O5S2. The van der Waals surface area contributed by atoms with Crippen molar-refractivity contribution in [3.63, 3.8) is 0 Å². The number of sulfone groups is 1. The van der Waals surface area contributed by atoms with Gasteiger partial charge in [0.05, 0.1) is 16.3 Å². The van der Waals surface area contributed by atoms with E-state index in [0.717, 1.165) is 6.26 Å². The summed E-state index contributed by atoms with van der Waals surface area (Å²) >= 11 is 0. The van der Waals surface area contributed by atoms with Crippen LogP contribution in [0.4, 0.5) is 11.4 Å². The molecule has 138 valence electrons. The smallest absolute Gasteiger partial charge is 0.255 e. The van der Waals surface area contributed by atoms with Gasteiger partial charge < -0.3 is 5.32 Å². The maximum Gasteiger partial charge on any atom is 0.255 e. The van der Waals surface area contributed by atoms with Crippen molar-refractivity contribution in [3.8, 4) is 0 Å². The Labute approximate surface area is 152 Å². The number of amides is 1. The van der Waals surface area contributed by atoms with Gasteiger partial charge in [-0.05, 0) is 48.9 Å². The quantitative estimate of drug-likeness (QED) is 0.853. The molecular weight excluding hydrogens is 376 g/mol. The minimum Gasteiger partial charge on any atom is -0.322 e. The molecule has 1 aliphatic rings. The van der Waals surface area contributed by atoms with Crippen molar-refractivity contribution in [2.45, 2.75) is 11.3 Å². The fourth-order valence-electron chi connectivity index (χ4n) is 2.72. The summed E-state index contributed by atoms with van der Waals surface area (Å²) in [5.74, 6) is -0.300. The van der Waals surface area contributed by atoms with E-state index in [4.69, 9.17) is 0 Å². The lowest BCUT2D eigenvalue weighted by molar-refractivity contribution is 0.102. The molecule has 9 heteroatoms. The molecule has 7 nitrogen and oxygen atoms in total. The molecule has 0 radical (unpaired) electrons. The van der Waals surface area contributed by atoms with Crippen LogP contribution in [0.1, 0.15) is 16.8 Å². The van der Waals surface area contributed by atoms with E-state index in [1.54, 1.807) is 18.2 Å². The summed E-state index contributed by atoms with van der Waals surface area (Å²) < 4.78 is 48.3. The molecule has 1 aliphatic heterocycles. The largest absolute Gasteiger partial charge is 0.322 e. The van der Waals surface area contributed by atoms with Gasteiger partial charge in [0.15, 0.2) is 9.84 Å². The molecule has 0 spiro atoms. The van der Waals surface area contributed by atoms with E-state index in [1.165, 1.54) is 34.6 Å². The lowest BCUT2D eigenvalue weighted by Gasteiger charge is -2.17. The van der Waals surface area contributed by atoms with E-state index in [2.05, 4.69) is 5.32 Å². The summed E-state index contributed by atoms with van der Waals surface area (Å²) in [5, 5.41) is 2.67. The number of nitrogens with one attached hydrogen (secondary N) is 1. The third-order valence-electron chi connectivity index (χ3n) is 4.04. The molecule has 2 aromatic rings. The molecule has 0 unspecified atom stereocenters. The average Bonchev–Trinajstić information content (AvgIpc) is 2.94. The zero-order valence-electron chi connectivity index (χ0n) is 14.0. The molecule has 1 saturated heterocycles. The number of hydrogen-bond donors (Lipinski definition) is 1. The van der Waals surface area contributed by atoms with Crippen molar-refractivity contribution in [1.29, 1.82) is 0 Å². The van der Waals surface area contributed by atoms with Gasteiger partial charge in [-0.1, -0.05) is 6.07 Å². The number of carbonyl (C=O) groups is 1. The van der Waals surface area contributed by atoms with Gasteiger partial charge >= 0.3 is 0 Å². The second kappa shape index (κ2) is 6.73. The van der Waals surface area contributed by atoms with Crippen LogP contribution >= 0.6 is 0 Å². The molecule has 1 heterocycles. The summed E-state index contributed by atoms with van der Waals surface area (Å²) in [6.45, 7) is 0.403. The SMILES string of the molecule is CS(=O)(=O)c1ccc(NC(=O)c2cccc(N3CCCS3(=O)=O)c2)cc1. The first-order chi connectivity index (χ1) is 12.2. The van der Waals surface area contributed by atoms with E-state index < -0.39 is 25.8 Å². The Morgan fingerprint density at radius 2 is 1.81 bits per heavy atom. The number of sulfonamides is 1. The van der Waals surface area contributed by atoms with Gasteiger partial charge in [0.25, 0.3) is 5.91 Å². The van der Waals surface area contributed by atoms with Crippen LogP contribution in [0, 0.1) is 0 Å². The zero-order chi connectivity index (χ0) is 18.9. The molecule has 0 aromatic heterocycles. The molecule has 0 atom stereocenters. The van der Waals surface area contributed by atoms with Gasteiger partial charge in [0.2, 0.25) is 10.0 Å². The molecule has 0 bridgehead atoms. The third-order valence-corrected chi connectivity index (χ3v) is 7.03. The number of carbonyl (C=O) groups excluding carboxylic acids is 1. The van der Waals surface area contributed by atoms with Crippen LogP contribution in [-0.4, -0.2) is 41.3 Å². The molecule has 2 aromatic carbocycles. The second-order valence-electron chi connectivity index (χ2n) is 6.04. The first-order valence-corrected chi connectivity index (χ1v) is 11.4. The normalized spacial score (nSPS) is 16.4. The fourth-order valence-corrected chi connectivity index (χ4v) is 4.91. The molecule has 26 heavy (non-hydrogen) atoms. The van der Waals surface area contributed by atoms with Crippen LogP contribution in [0.15, 0.2) is 53.4 Å². The van der Waals surface area contributed by atoms with Crippen LogP contribution in [0.5, 0.6) is 0 Å². The van der Waals surface area contributed by atoms with Crippen molar-refractivity contribution >= 4 is 37.1 Å². The van der Waals surface area contributed by atoms with Crippen LogP contribution in [0.3, 0.4) is 0 Å². The van der Waals surface area contributed by atoms with Crippen LogP contribution < -0.4 is 9.62 Å². The Morgan fingerprint density at radius 1 is 1.12 bits per heavy atom. The Hall–Kier alpha value is -2.39. The van der Waals surface area contributed by atoms with Crippen molar-refractivity contribution in [3.05, 3.63) is 54.1 Å². The fraction of sp³-hybridized carbons (Fsp3) is 0.235. The summed E-state index contributed by atoms with van der Waals surface area (Å²) in [6, 6.07) is 12.2. The number of hydrogen-bond acceptors (Lipinski definition) is 5. The van der Waals surface area contributed by atoms with Crippen LogP contribution in [-0.2, 0) is 19.9 Å². The summed E-state index contributed by atoms with van der Waals surface area (Å²) in [4.78, 5) is 12.6. The van der Waals surface area contributed by atoms with E-state index in [0.29, 0.717) is 29.9 Å². The second-order valence-corrected chi connectivity index (χ2v) is 10.1. The first-order valence-electron chi connectivity index (χ1n) is 7.89. The Morgan fingerprint density at radius 3 is 2.38 bits per heavy atom. The van der Waals surface area contributed by atoms with Gasteiger partial charge in [-0.25, -0.2) is 16.8 Å². The summed E-state index contributed by atoms with van der Waals surface area (Å²) in [6.07, 6.45) is 1.67. The molecule has 1 amide bonds. The first kappa shape index (κ1) is 18.4. The van der Waals surface area contributed by atoms with Crippen molar-refractivity contribution in [2.24, 2.45) is 0 Å². The highest BCUT2D eigenvalue weighted by molar-refractivity contribution is 7.93. The van der Waals surface area contributed by atoms with Crippen LogP contribution in [0.25, 0.3) is 0 Å².